The smallest absolute Gasteiger partial charge is 0.255 e. The van der Waals surface area contributed by atoms with Gasteiger partial charge < -0.3 is 10.4 Å². The Kier molecular flexibility index (Phi) is 7.21. The van der Waals surface area contributed by atoms with Crippen molar-refractivity contribution in [2.45, 2.75) is 37.5 Å². The normalized spacial score (nSPS) is 21.4. The lowest BCUT2D eigenvalue weighted by molar-refractivity contribution is 0.102. The summed E-state index contributed by atoms with van der Waals surface area (Å²) in [6.45, 7) is 1.95. The van der Waals surface area contributed by atoms with Gasteiger partial charge in [-0.3, -0.25) is 4.79 Å². The highest BCUT2D eigenvalue weighted by Crippen LogP contribution is 2.41. The van der Waals surface area contributed by atoms with Crippen molar-refractivity contribution < 1.29 is 31.5 Å². The Morgan fingerprint density at radius 2 is 1.75 bits per heavy atom. The number of anilines is 1. The van der Waals surface area contributed by atoms with Crippen molar-refractivity contribution in [3.05, 3.63) is 58.4 Å². The lowest BCUT2D eigenvalue weighted by atomic mass is 9.73. The molecule has 1 aliphatic rings. The third-order valence-electron chi connectivity index (χ3n) is 5.88. The van der Waals surface area contributed by atoms with Gasteiger partial charge in [-0.2, -0.15) is 0 Å². The topological polar surface area (TPSA) is 83.5 Å². The lowest BCUT2D eigenvalue weighted by Crippen LogP contribution is -2.33. The molecule has 5 nitrogen and oxygen atoms in total. The molecule has 0 heterocycles. The Morgan fingerprint density at radius 1 is 1.16 bits per heavy atom. The van der Waals surface area contributed by atoms with Crippen molar-refractivity contribution in [3.8, 4) is 0 Å². The van der Waals surface area contributed by atoms with E-state index in [9.17, 15) is 31.5 Å². The van der Waals surface area contributed by atoms with E-state index < -0.39 is 38.6 Å². The number of amides is 1. The van der Waals surface area contributed by atoms with E-state index in [4.69, 9.17) is 11.6 Å². The van der Waals surface area contributed by atoms with Crippen LogP contribution in [0.25, 0.3) is 0 Å². The molecule has 2 N–H and O–H groups in total. The molecule has 10 heteroatoms. The van der Waals surface area contributed by atoms with Crippen molar-refractivity contribution in [1.29, 1.82) is 0 Å². The molecule has 0 aromatic heterocycles. The van der Waals surface area contributed by atoms with E-state index in [0.29, 0.717) is 25.0 Å². The summed E-state index contributed by atoms with van der Waals surface area (Å²) in [6, 6.07) is 4.90. The van der Waals surface area contributed by atoms with Crippen LogP contribution in [-0.4, -0.2) is 31.8 Å². The van der Waals surface area contributed by atoms with Gasteiger partial charge in [-0.1, -0.05) is 18.5 Å². The number of carbonyl (C=O) groups excluding carboxylic acids is 1. The van der Waals surface area contributed by atoms with Crippen LogP contribution in [0.1, 0.15) is 43.0 Å². The minimum absolute atomic E-state index is 0.0481. The second-order valence-electron chi connectivity index (χ2n) is 8.55. The number of aliphatic hydroxyl groups excluding tert-OH is 1. The number of hydrogen-bond acceptors (Lipinski definition) is 4. The fourth-order valence-electron chi connectivity index (χ4n) is 3.95. The summed E-state index contributed by atoms with van der Waals surface area (Å²) < 4.78 is 66.2. The summed E-state index contributed by atoms with van der Waals surface area (Å²) in [5.41, 5.74) is -0.902. The van der Waals surface area contributed by atoms with E-state index in [-0.39, 0.29) is 39.4 Å². The number of rotatable bonds is 6. The van der Waals surface area contributed by atoms with Crippen LogP contribution >= 0.6 is 11.6 Å². The average Bonchev–Trinajstić information content (AvgIpc) is 2.72. The van der Waals surface area contributed by atoms with Crippen molar-refractivity contribution in [2.24, 2.45) is 11.3 Å². The standard InChI is InChI=1S/C22H23ClF3NO4S/c1-22(6-4-13(11-28)5-7-22)12-32(30,31)19-8-14(2-3-16(19)23)21(29)27-15-9-17(24)20(26)18(25)10-15/h2-3,8-10,13,28H,4-7,11-12H2,1H3,(H,27,29). The van der Waals surface area contributed by atoms with Gasteiger partial charge in [-0.25, -0.2) is 21.6 Å². The summed E-state index contributed by atoms with van der Waals surface area (Å²) in [5, 5.41) is 11.5. The fraction of sp³-hybridized carbons (Fsp3) is 0.409. The Labute approximate surface area is 189 Å². The van der Waals surface area contributed by atoms with Gasteiger partial charge in [0.15, 0.2) is 27.3 Å². The molecule has 1 saturated carbocycles. The molecule has 2 aromatic carbocycles. The minimum atomic E-state index is -3.87. The monoisotopic (exact) mass is 489 g/mol. The zero-order valence-corrected chi connectivity index (χ0v) is 18.9. The third kappa shape index (κ3) is 5.44. The largest absolute Gasteiger partial charge is 0.396 e. The maximum absolute atomic E-state index is 13.4. The molecule has 1 amide bonds. The molecule has 0 unspecified atom stereocenters. The first kappa shape index (κ1) is 24.5. The predicted octanol–water partition coefficient (Wildman–Crippen LogP) is 4.97. The van der Waals surface area contributed by atoms with E-state index in [2.05, 4.69) is 5.32 Å². The van der Waals surface area contributed by atoms with Gasteiger partial charge >= 0.3 is 0 Å². The molecule has 0 bridgehead atoms. The van der Waals surface area contributed by atoms with Crippen molar-refractivity contribution in [2.75, 3.05) is 17.7 Å². The number of halogens is 4. The predicted molar refractivity (Wildman–Crippen MR) is 115 cm³/mol. The molecule has 1 aliphatic carbocycles. The molecular formula is C22H23ClF3NO4S. The van der Waals surface area contributed by atoms with Crippen molar-refractivity contribution in [1.82, 2.24) is 0 Å². The van der Waals surface area contributed by atoms with Gasteiger partial charge in [0.2, 0.25) is 0 Å². The molecule has 0 aliphatic heterocycles. The van der Waals surface area contributed by atoms with Gasteiger partial charge in [0.25, 0.3) is 5.91 Å². The van der Waals surface area contributed by atoms with Gasteiger partial charge in [0.1, 0.15) is 0 Å². The second-order valence-corrected chi connectivity index (χ2v) is 10.9. The fourth-order valence-corrected chi connectivity index (χ4v) is 6.46. The Bertz CT molecular complexity index is 1110. The number of hydrogen-bond donors (Lipinski definition) is 2. The van der Waals surface area contributed by atoms with E-state index >= 15 is 0 Å². The Morgan fingerprint density at radius 3 is 2.31 bits per heavy atom. The van der Waals surface area contributed by atoms with Crippen LogP contribution in [0.2, 0.25) is 5.02 Å². The minimum Gasteiger partial charge on any atom is -0.396 e. The molecule has 0 spiro atoms. The number of benzene rings is 2. The van der Waals surface area contributed by atoms with Crippen LogP contribution in [0.4, 0.5) is 18.9 Å². The highest BCUT2D eigenvalue weighted by molar-refractivity contribution is 7.91. The van der Waals surface area contributed by atoms with Crippen LogP contribution in [0.3, 0.4) is 0 Å². The van der Waals surface area contributed by atoms with Crippen LogP contribution in [0, 0.1) is 28.8 Å². The van der Waals surface area contributed by atoms with Gasteiger partial charge in [0.05, 0.1) is 15.7 Å². The van der Waals surface area contributed by atoms with Crippen LogP contribution in [0.5, 0.6) is 0 Å². The summed E-state index contributed by atoms with van der Waals surface area (Å²) in [5.74, 6) is -5.44. The van der Waals surface area contributed by atoms with E-state index in [1.807, 2.05) is 6.92 Å². The maximum atomic E-state index is 13.4. The zero-order chi connectivity index (χ0) is 23.7. The highest BCUT2D eigenvalue weighted by atomic mass is 35.5. The Balaban J connectivity index is 1.82. The quantitative estimate of drug-likeness (QED) is 0.561. The number of sulfone groups is 1. The molecule has 32 heavy (non-hydrogen) atoms. The molecular weight excluding hydrogens is 467 g/mol. The molecule has 174 valence electrons. The maximum Gasteiger partial charge on any atom is 0.255 e. The molecule has 0 atom stereocenters. The Hall–Kier alpha value is -2.10. The van der Waals surface area contributed by atoms with E-state index in [1.165, 1.54) is 12.1 Å². The summed E-state index contributed by atoms with van der Waals surface area (Å²) in [7, 11) is -3.87. The second kappa shape index (κ2) is 9.41. The van der Waals surface area contributed by atoms with E-state index in [1.54, 1.807) is 0 Å². The zero-order valence-electron chi connectivity index (χ0n) is 17.3. The van der Waals surface area contributed by atoms with Gasteiger partial charge in [-0.05, 0) is 55.2 Å². The van der Waals surface area contributed by atoms with E-state index in [0.717, 1.165) is 18.9 Å². The van der Waals surface area contributed by atoms with Gasteiger partial charge in [0, 0.05) is 30.0 Å². The van der Waals surface area contributed by atoms with Crippen LogP contribution in [-0.2, 0) is 9.84 Å². The molecule has 2 aromatic rings. The highest BCUT2D eigenvalue weighted by Gasteiger charge is 2.36. The third-order valence-corrected chi connectivity index (χ3v) is 8.41. The SMILES string of the molecule is CC1(CS(=O)(=O)c2cc(C(=O)Nc3cc(F)c(F)c(F)c3)ccc2Cl)CCC(CO)CC1. The first-order valence-electron chi connectivity index (χ1n) is 10.0. The summed E-state index contributed by atoms with van der Waals surface area (Å²) >= 11 is 6.13. The summed E-state index contributed by atoms with van der Waals surface area (Å²) in [6.07, 6.45) is 2.72. The van der Waals surface area contributed by atoms with Crippen molar-refractivity contribution >= 4 is 33.0 Å². The number of aliphatic hydroxyl groups is 1. The first-order valence-corrected chi connectivity index (χ1v) is 12.1. The molecule has 3 rings (SSSR count). The van der Waals surface area contributed by atoms with Crippen LogP contribution in [0.15, 0.2) is 35.2 Å². The molecule has 1 fully saturated rings. The number of nitrogens with one attached hydrogen (secondary N) is 1. The number of carbonyl (C=O) groups is 1. The average molecular weight is 490 g/mol. The van der Waals surface area contributed by atoms with Crippen molar-refractivity contribution in [3.63, 3.8) is 0 Å². The first-order chi connectivity index (χ1) is 14.9. The van der Waals surface area contributed by atoms with Crippen LogP contribution < -0.4 is 5.32 Å². The molecule has 0 saturated heterocycles. The molecule has 0 radical (unpaired) electrons. The summed E-state index contributed by atoms with van der Waals surface area (Å²) in [4.78, 5) is 12.3. The van der Waals surface area contributed by atoms with Gasteiger partial charge in [-0.15, -0.1) is 0 Å². The lowest BCUT2D eigenvalue weighted by Gasteiger charge is -2.36.